The highest BCUT2D eigenvalue weighted by Gasteiger charge is 2.16. The molecule has 2 aromatic heterocycles. The van der Waals surface area contributed by atoms with Gasteiger partial charge in [0, 0.05) is 12.7 Å². The molecule has 6 heteroatoms. The molecule has 0 aliphatic heterocycles. The van der Waals surface area contributed by atoms with Gasteiger partial charge in [0.25, 0.3) is 0 Å². The smallest absolute Gasteiger partial charge is 0.357 e. The number of carbonyl (C=O) groups is 1. The van der Waals surface area contributed by atoms with Crippen molar-refractivity contribution in [1.29, 1.82) is 0 Å². The number of nitrogens with zero attached hydrogens (tertiary/aromatic N) is 2. The third kappa shape index (κ3) is 1.50. The van der Waals surface area contributed by atoms with E-state index in [-0.39, 0.29) is 5.69 Å². The van der Waals surface area contributed by atoms with Crippen LogP contribution in [0, 0.1) is 0 Å². The molecule has 0 fully saturated rings. The molecule has 2 heterocycles. The van der Waals surface area contributed by atoms with Gasteiger partial charge in [-0.1, -0.05) is 0 Å². The van der Waals surface area contributed by atoms with Crippen LogP contribution in [0.1, 0.15) is 17.4 Å². The van der Waals surface area contributed by atoms with Crippen molar-refractivity contribution in [3.05, 3.63) is 18.0 Å². The first-order chi connectivity index (χ1) is 7.24. The molecule has 6 nitrogen and oxygen atoms in total. The van der Waals surface area contributed by atoms with Gasteiger partial charge in [-0.05, 0) is 13.0 Å². The lowest BCUT2D eigenvalue weighted by Gasteiger charge is -2.02. The Morgan fingerprint density at radius 2 is 2.47 bits per heavy atom. The van der Waals surface area contributed by atoms with E-state index in [1.165, 1.54) is 0 Å². The molecule has 0 amide bonds. The van der Waals surface area contributed by atoms with Crippen LogP contribution < -0.4 is 5.32 Å². The van der Waals surface area contributed by atoms with Gasteiger partial charge in [0.15, 0.2) is 5.69 Å². The maximum absolute atomic E-state index is 10.9. The zero-order chi connectivity index (χ0) is 10.8. The van der Waals surface area contributed by atoms with Crippen molar-refractivity contribution in [2.45, 2.75) is 6.92 Å². The van der Waals surface area contributed by atoms with Crippen molar-refractivity contribution >= 4 is 22.7 Å². The van der Waals surface area contributed by atoms with Crippen LogP contribution >= 0.6 is 0 Å². The minimum atomic E-state index is -1.06. The quantitative estimate of drug-likeness (QED) is 0.699. The summed E-state index contributed by atoms with van der Waals surface area (Å²) in [6, 6.07) is 1.69. The lowest BCUT2D eigenvalue weighted by molar-refractivity contribution is 0.0692. The minimum Gasteiger partial charge on any atom is -0.476 e. The van der Waals surface area contributed by atoms with E-state index in [9.17, 15) is 4.79 Å². The van der Waals surface area contributed by atoms with Crippen LogP contribution in [0.5, 0.6) is 0 Å². The summed E-state index contributed by atoms with van der Waals surface area (Å²) in [6.45, 7) is 2.59. The van der Waals surface area contributed by atoms with Crippen LogP contribution in [-0.2, 0) is 0 Å². The van der Waals surface area contributed by atoms with Crippen LogP contribution in [0.3, 0.4) is 0 Å². The number of aromatic carboxylic acids is 1. The number of pyridine rings is 1. The molecule has 0 aromatic carbocycles. The summed E-state index contributed by atoms with van der Waals surface area (Å²) >= 11 is 0. The molecule has 0 atom stereocenters. The number of hydrogen-bond acceptors (Lipinski definition) is 4. The fourth-order valence-corrected chi connectivity index (χ4v) is 1.42. The molecule has 2 rings (SSSR count). The minimum absolute atomic E-state index is 0.00551. The molecule has 0 bridgehead atoms. The second-order valence-corrected chi connectivity index (χ2v) is 2.99. The summed E-state index contributed by atoms with van der Waals surface area (Å²) in [4.78, 5) is 15.0. The largest absolute Gasteiger partial charge is 0.476 e. The first-order valence-electron chi connectivity index (χ1n) is 4.54. The summed E-state index contributed by atoms with van der Waals surface area (Å²) in [7, 11) is 0. The Morgan fingerprint density at radius 3 is 3.13 bits per heavy atom. The lowest BCUT2D eigenvalue weighted by atomic mass is 10.2. The van der Waals surface area contributed by atoms with Crippen molar-refractivity contribution in [3.63, 3.8) is 0 Å². The van der Waals surface area contributed by atoms with Crippen LogP contribution in [-0.4, -0.2) is 32.8 Å². The number of fused-ring (bicyclic) bond motifs is 1. The van der Waals surface area contributed by atoms with Crippen LogP contribution in [0.2, 0.25) is 0 Å². The number of nitrogens with one attached hydrogen (secondary N) is 2. The van der Waals surface area contributed by atoms with Crippen molar-refractivity contribution in [2.75, 3.05) is 11.9 Å². The van der Waals surface area contributed by atoms with E-state index in [0.717, 1.165) is 0 Å². The monoisotopic (exact) mass is 206 g/mol. The number of rotatable bonds is 3. The van der Waals surface area contributed by atoms with E-state index in [4.69, 9.17) is 5.11 Å². The Bertz CT molecular complexity index is 506. The highest BCUT2D eigenvalue weighted by molar-refractivity contribution is 6.05. The molecule has 15 heavy (non-hydrogen) atoms. The maximum atomic E-state index is 10.9. The summed E-state index contributed by atoms with van der Waals surface area (Å²) in [6.07, 6.45) is 1.60. The molecule has 0 spiro atoms. The molecule has 0 saturated carbocycles. The lowest BCUT2D eigenvalue weighted by Crippen LogP contribution is -2.03. The normalized spacial score (nSPS) is 10.5. The summed E-state index contributed by atoms with van der Waals surface area (Å²) < 4.78 is 0. The predicted molar refractivity (Wildman–Crippen MR) is 55.0 cm³/mol. The third-order valence-corrected chi connectivity index (χ3v) is 2.02. The molecule has 0 aliphatic carbocycles. The zero-order valence-electron chi connectivity index (χ0n) is 8.11. The molecule has 3 N–H and O–H groups in total. The van der Waals surface area contributed by atoms with Crippen LogP contribution in [0.15, 0.2) is 12.3 Å². The zero-order valence-corrected chi connectivity index (χ0v) is 8.11. The van der Waals surface area contributed by atoms with E-state index in [1.54, 1.807) is 12.3 Å². The van der Waals surface area contributed by atoms with E-state index >= 15 is 0 Å². The Morgan fingerprint density at radius 1 is 1.67 bits per heavy atom. The molecule has 78 valence electrons. The number of aromatic nitrogens is 3. The van der Waals surface area contributed by atoms with Gasteiger partial charge in [-0.3, -0.25) is 5.10 Å². The Hall–Kier alpha value is -2.11. The van der Waals surface area contributed by atoms with Crippen molar-refractivity contribution in [1.82, 2.24) is 15.2 Å². The van der Waals surface area contributed by atoms with Crippen molar-refractivity contribution in [2.24, 2.45) is 0 Å². The fraction of sp³-hybridized carbons (Fsp3) is 0.222. The number of carboxylic acids is 1. The number of carboxylic acid groups (broad SMARTS) is 1. The van der Waals surface area contributed by atoms with Gasteiger partial charge in [0.1, 0.15) is 5.82 Å². The topological polar surface area (TPSA) is 90.9 Å². The van der Waals surface area contributed by atoms with Gasteiger partial charge in [-0.25, -0.2) is 9.78 Å². The average Bonchev–Trinajstić information content (AvgIpc) is 2.62. The first-order valence-corrected chi connectivity index (χ1v) is 4.54. The number of H-pyrrole nitrogens is 1. The second-order valence-electron chi connectivity index (χ2n) is 2.99. The highest BCUT2D eigenvalue weighted by atomic mass is 16.4. The molecule has 0 radical (unpaired) electrons. The van der Waals surface area contributed by atoms with E-state index in [0.29, 0.717) is 23.3 Å². The molecule has 2 aromatic rings. The molecule has 0 unspecified atom stereocenters. The summed E-state index contributed by atoms with van der Waals surface area (Å²) in [5.41, 5.74) is 0.660. The van der Waals surface area contributed by atoms with Gasteiger partial charge >= 0.3 is 5.97 Å². The average molecular weight is 206 g/mol. The Labute approximate surface area is 85.3 Å². The number of hydrogen-bond donors (Lipinski definition) is 3. The summed E-state index contributed by atoms with van der Waals surface area (Å²) in [5, 5.41) is 18.8. The van der Waals surface area contributed by atoms with Crippen LogP contribution in [0.25, 0.3) is 10.9 Å². The third-order valence-electron chi connectivity index (χ3n) is 2.02. The van der Waals surface area contributed by atoms with E-state index in [2.05, 4.69) is 20.5 Å². The first kappa shape index (κ1) is 9.45. The molecular weight excluding hydrogens is 196 g/mol. The number of anilines is 1. The Kier molecular flexibility index (Phi) is 2.24. The second kappa shape index (κ2) is 3.56. The van der Waals surface area contributed by atoms with Gasteiger partial charge in [-0.15, -0.1) is 0 Å². The summed E-state index contributed by atoms with van der Waals surface area (Å²) in [5.74, 6) is -0.519. The molecule has 0 aliphatic rings. The van der Waals surface area contributed by atoms with Gasteiger partial charge in [-0.2, -0.15) is 5.10 Å². The molecular formula is C9H10N4O2. The van der Waals surface area contributed by atoms with E-state index < -0.39 is 5.97 Å². The fourth-order valence-electron chi connectivity index (χ4n) is 1.42. The van der Waals surface area contributed by atoms with Gasteiger partial charge in [0.05, 0.1) is 10.9 Å². The standard InChI is InChI=1S/C9H10N4O2/c1-2-10-8-6-5(3-4-11-8)12-13-7(6)9(14)15/h3-4H,2H2,1H3,(H,10,11)(H,12,13)(H,14,15). The number of aromatic amines is 1. The van der Waals surface area contributed by atoms with Gasteiger partial charge < -0.3 is 10.4 Å². The van der Waals surface area contributed by atoms with Crippen LogP contribution in [0.4, 0.5) is 5.82 Å². The SMILES string of the molecule is CCNc1nccc2[nH]nc(C(=O)O)c12. The Balaban J connectivity index is 2.69. The highest BCUT2D eigenvalue weighted by Crippen LogP contribution is 2.22. The van der Waals surface area contributed by atoms with Gasteiger partial charge in [0.2, 0.25) is 0 Å². The maximum Gasteiger partial charge on any atom is 0.357 e. The molecule has 0 saturated heterocycles. The van der Waals surface area contributed by atoms with Crippen molar-refractivity contribution in [3.8, 4) is 0 Å². The van der Waals surface area contributed by atoms with Crippen molar-refractivity contribution < 1.29 is 9.90 Å². The predicted octanol–water partition coefficient (Wildman–Crippen LogP) is 1.09. The van der Waals surface area contributed by atoms with E-state index in [1.807, 2.05) is 6.92 Å².